The predicted octanol–water partition coefficient (Wildman–Crippen LogP) is 4.46. The number of nitrogens with one attached hydrogen (secondary N) is 2. The van der Waals surface area contributed by atoms with E-state index in [0.717, 1.165) is 36.1 Å². The lowest BCUT2D eigenvalue weighted by Crippen LogP contribution is -2.34. The number of fused-ring (bicyclic) bond motifs is 1. The van der Waals surface area contributed by atoms with E-state index in [1.165, 1.54) is 23.5 Å². The molecule has 0 saturated carbocycles. The van der Waals surface area contributed by atoms with Gasteiger partial charge in [-0.05, 0) is 56.3 Å². The Morgan fingerprint density at radius 3 is 2.73 bits per heavy atom. The number of benzene rings is 2. The molecule has 1 amide bonds. The van der Waals surface area contributed by atoms with Gasteiger partial charge in [-0.3, -0.25) is 4.79 Å². The van der Waals surface area contributed by atoms with Crippen molar-refractivity contribution in [2.75, 3.05) is 18.4 Å². The van der Waals surface area contributed by atoms with Crippen molar-refractivity contribution in [1.29, 1.82) is 0 Å². The fourth-order valence-electron chi connectivity index (χ4n) is 3.11. The lowest BCUT2D eigenvalue weighted by Gasteiger charge is -2.22. The van der Waals surface area contributed by atoms with Crippen LogP contribution < -0.4 is 10.6 Å². The molecule has 0 bridgehead atoms. The van der Waals surface area contributed by atoms with Gasteiger partial charge in [0.2, 0.25) is 5.91 Å². The quantitative estimate of drug-likeness (QED) is 0.693. The van der Waals surface area contributed by atoms with Crippen molar-refractivity contribution >= 4 is 45.6 Å². The van der Waals surface area contributed by atoms with E-state index in [9.17, 15) is 9.18 Å². The molecule has 1 aliphatic rings. The first-order valence-corrected chi connectivity index (χ1v) is 9.19. The van der Waals surface area contributed by atoms with Gasteiger partial charge in [0.1, 0.15) is 10.8 Å². The average Bonchev–Trinajstić information content (AvgIpc) is 3.08. The van der Waals surface area contributed by atoms with Gasteiger partial charge in [0.25, 0.3) is 0 Å². The third-order valence-electron chi connectivity index (χ3n) is 4.47. The van der Waals surface area contributed by atoms with Crippen molar-refractivity contribution in [3.8, 4) is 10.6 Å². The molecule has 26 heavy (non-hydrogen) atoms. The van der Waals surface area contributed by atoms with Crippen molar-refractivity contribution < 1.29 is 9.18 Å². The van der Waals surface area contributed by atoms with Crippen molar-refractivity contribution in [2.45, 2.75) is 12.8 Å². The summed E-state index contributed by atoms with van der Waals surface area (Å²) >= 11 is 1.50. The maximum absolute atomic E-state index is 13.8. The van der Waals surface area contributed by atoms with Crippen LogP contribution in [0.25, 0.3) is 20.8 Å². The fourth-order valence-corrected chi connectivity index (χ4v) is 4.10. The Morgan fingerprint density at radius 1 is 1.19 bits per heavy atom. The Kier molecular flexibility index (Phi) is 5.86. The zero-order valence-corrected chi connectivity index (χ0v) is 15.6. The average molecular weight is 392 g/mol. The number of amides is 1. The summed E-state index contributed by atoms with van der Waals surface area (Å²) in [6.07, 6.45) is 1.65. The van der Waals surface area contributed by atoms with Crippen LogP contribution >= 0.6 is 23.7 Å². The Balaban J connectivity index is 0.00000196. The molecule has 0 unspecified atom stereocenters. The van der Waals surface area contributed by atoms with Crippen molar-refractivity contribution in [1.82, 2.24) is 10.3 Å². The van der Waals surface area contributed by atoms with Crippen LogP contribution in [-0.2, 0) is 4.79 Å². The molecule has 1 aliphatic heterocycles. The molecule has 2 N–H and O–H groups in total. The van der Waals surface area contributed by atoms with Crippen LogP contribution in [-0.4, -0.2) is 24.0 Å². The molecule has 2 aromatic carbocycles. The summed E-state index contributed by atoms with van der Waals surface area (Å²) in [5, 5.41) is 6.95. The van der Waals surface area contributed by atoms with Crippen LogP contribution in [0.4, 0.5) is 10.1 Å². The van der Waals surface area contributed by atoms with Crippen molar-refractivity contribution in [3.05, 3.63) is 48.3 Å². The largest absolute Gasteiger partial charge is 0.325 e. The van der Waals surface area contributed by atoms with Gasteiger partial charge in [-0.1, -0.05) is 12.1 Å². The Morgan fingerprint density at radius 2 is 1.96 bits per heavy atom. The zero-order valence-electron chi connectivity index (χ0n) is 14.0. The number of nitrogens with zero attached hydrogens (tertiary/aromatic N) is 1. The van der Waals surface area contributed by atoms with Gasteiger partial charge in [-0.25, -0.2) is 9.37 Å². The van der Waals surface area contributed by atoms with Crippen molar-refractivity contribution in [2.24, 2.45) is 5.92 Å². The molecule has 4 nitrogen and oxygen atoms in total. The standard InChI is InChI=1S/C19H18FN3OS.ClH/c20-13-5-6-15(22-18(24)12-7-9-21-10-8-12)14(11-13)19-23-16-3-1-2-4-17(16)25-19;/h1-6,11-12,21H,7-10H2,(H,22,24);1H. The maximum atomic E-state index is 13.8. The molecule has 1 fully saturated rings. The molecule has 1 aromatic heterocycles. The first kappa shape index (κ1) is 18.8. The van der Waals surface area contributed by atoms with Crippen LogP contribution in [0.15, 0.2) is 42.5 Å². The van der Waals surface area contributed by atoms with Gasteiger partial charge in [0, 0.05) is 11.5 Å². The summed E-state index contributed by atoms with van der Waals surface area (Å²) < 4.78 is 14.9. The summed E-state index contributed by atoms with van der Waals surface area (Å²) in [5.74, 6) is -0.348. The van der Waals surface area contributed by atoms with Gasteiger partial charge < -0.3 is 10.6 Å². The lowest BCUT2D eigenvalue weighted by atomic mass is 9.97. The van der Waals surface area contributed by atoms with E-state index in [2.05, 4.69) is 15.6 Å². The number of carbonyl (C=O) groups excluding carboxylic acids is 1. The molecule has 7 heteroatoms. The summed E-state index contributed by atoms with van der Waals surface area (Å²) in [5.41, 5.74) is 2.12. The monoisotopic (exact) mass is 391 g/mol. The lowest BCUT2D eigenvalue weighted by molar-refractivity contribution is -0.120. The molecule has 4 rings (SSSR count). The predicted molar refractivity (Wildman–Crippen MR) is 106 cm³/mol. The topological polar surface area (TPSA) is 54.0 Å². The number of aromatic nitrogens is 1. The number of piperidine rings is 1. The van der Waals surface area contributed by atoms with Gasteiger partial charge in [-0.15, -0.1) is 23.7 Å². The summed E-state index contributed by atoms with van der Waals surface area (Å²) in [4.78, 5) is 17.2. The number of anilines is 1. The van der Waals surface area contributed by atoms with E-state index in [0.29, 0.717) is 16.3 Å². The Labute approximate surface area is 161 Å². The van der Waals surface area contributed by atoms with Gasteiger partial charge >= 0.3 is 0 Å². The third kappa shape index (κ3) is 3.87. The summed E-state index contributed by atoms with van der Waals surface area (Å²) in [6.45, 7) is 1.71. The number of rotatable bonds is 3. The number of hydrogen-bond donors (Lipinski definition) is 2. The third-order valence-corrected chi connectivity index (χ3v) is 5.54. The number of thiazole rings is 1. The Bertz CT molecular complexity index is 891. The second-order valence-electron chi connectivity index (χ2n) is 6.19. The van der Waals surface area contributed by atoms with Gasteiger partial charge in [0.05, 0.1) is 15.9 Å². The second-order valence-corrected chi connectivity index (χ2v) is 7.22. The number of hydrogen-bond acceptors (Lipinski definition) is 4. The van der Waals surface area contributed by atoms with E-state index in [4.69, 9.17) is 0 Å². The normalized spacial score (nSPS) is 14.8. The highest BCUT2D eigenvalue weighted by Gasteiger charge is 2.22. The Hall–Kier alpha value is -2.02. The highest BCUT2D eigenvalue weighted by Crippen LogP contribution is 2.35. The molecule has 1 saturated heterocycles. The molecule has 136 valence electrons. The van der Waals surface area contributed by atoms with E-state index >= 15 is 0 Å². The van der Waals surface area contributed by atoms with Crippen LogP contribution in [0.2, 0.25) is 0 Å². The smallest absolute Gasteiger partial charge is 0.227 e. The minimum Gasteiger partial charge on any atom is -0.325 e. The fraction of sp³-hybridized carbons (Fsp3) is 0.263. The maximum Gasteiger partial charge on any atom is 0.227 e. The summed E-state index contributed by atoms with van der Waals surface area (Å²) in [6, 6.07) is 12.2. The minimum absolute atomic E-state index is 0. The second kappa shape index (κ2) is 8.12. The molecule has 0 aliphatic carbocycles. The van der Waals surface area contributed by atoms with Gasteiger partial charge in [-0.2, -0.15) is 0 Å². The number of para-hydroxylation sites is 1. The summed E-state index contributed by atoms with van der Waals surface area (Å²) in [7, 11) is 0. The molecule has 0 radical (unpaired) electrons. The van der Waals surface area contributed by atoms with Crippen LogP contribution in [0.1, 0.15) is 12.8 Å². The first-order chi connectivity index (χ1) is 12.2. The number of carbonyl (C=O) groups is 1. The molecular formula is C19H19ClFN3OS. The minimum atomic E-state index is -0.339. The van der Waals surface area contributed by atoms with Crippen LogP contribution in [0, 0.1) is 11.7 Å². The van der Waals surface area contributed by atoms with E-state index in [1.54, 1.807) is 6.07 Å². The van der Waals surface area contributed by atoms with Gasteiger partial charge in [0.15, 0.2) is 0 Å². The molecule has 0 atom stereocenters. The molecular weight excluding hydrogens is 373 g/mol. The van der Waals surface area contributed by atoms with Crippen LogP contribution in [0.3, 0.4) is 0 Å². The highest BCUT2D eigenvalue weighted by molar-refractivity contribution is 7.21. The zero-order chi connectivity index (χ0) is 17.2. The molecule has 3 aromatic rings. The molecule has 0 spiro atoms. The molecule has 2 heterocycles. The van der Waals surface area contributed by atoms with E-state index in [-0.39, 0.29) is 30.0 Å². The van der Waals surface area contributed by atoms with E-state index in [1.807, 2.05) is 24.3 Å². The first-order valence-electron chi connectivity index (χ1n) is 8.38. The van der Waals surface area contributed by atoms with E-state index < -0.39 is 0 Å². The van der Waals surface area contributed by atoms with Crippen molar-refractivity contribution in [3.63, 3.8) is 0 Å². The van der Waals surface area contributed by atoms with Crippen LogP contribution in [0.5, 0.6) is 0 Å². The SMILES string of the molecule is Cl.O=C(Nc1ccc(F)cc1-c1nc2ccccc2s1)C1CCNCC1. The highest BCUT2D eigenvalue weighted by atomic mass is 35.5. The number of halogens is 2.